The fourth-order valence-electron chi connectivity index (χ4n) is 3.74. The van der Waals surface area contributed by atoms with Gasteiger partial charge in [-0.05, 0) is 50.1 Å². The molecule has 3 unspecified atom stereocenters. The van der Waals surface area contributed by atoms with Crippen molar-refractivity contribution >= 4 is 5.91 Å². The zero-order valence-electron chi connectivity index (χ0n) is 15.4. The lowest BCUT2D eigenvalue weighted by Gasteiger charge is -2.35. The maximum absolute atomic E-state index is 12.4. The van der Waals surface area contributed by atoms with Gasteiger partial charge in [0, 0.05) is 19.6 Å². The predicted molar refractivity (Wildman–Crippen MR) is 99.6 cm³/mol. The first kappa shape index (κ1) is 18.9. The van der Waals surface area contributed by atoms with Crippen molar-refractivity contribution in [1.82, 2.24) is 10.2 Å². The Labute approximate surface area is 146 Å². The predicted octanol–water partition coefficient (Wildman–Crippen LogP) is 2.73. The van der Waals surface area contributed by atoms with Crippen LogP contribution in [-0.4, -0.2) is 37.0 Å². The van der Waals surface area contributed by atoms with E-state index in [-0.39, 0.29) is 5.91 Å². The molecule has 0 radical (unpaired) electrons. The molecule has 1 saturated heterocycles. The molecule has 1 aliphatic rings. The average Bonchev–Trinajstić information content (AvgIpc) is 2.54. The van der Waals surface area contributed by atoms with E-state index in [1.165, 1.54) is 19.5 Å². The first-order valence-electron chi connectivity index (χ1n) is 9.24. The molecule has 0 bridgehead atoms. The molecule has 24 heavy (non-hydrogen) atoms. The maximum Gasteiger partial charge on any atom is 0.244 e. The van der Waals surface area contributed by atoms with E-state index in [1.807, 2.05) is 30.3 Å². The van der Waals surface area contributed by atoms with Gasteiger partial charge in [0.05, 0.1) is 0 Å². The smallest absolute Gasteiger partial charge is 0.244 e. The third kappa shape index (κ3) is 5.32. The van der Waals surface area contributed by atoms with Crippen LogP contribution in [0.4, 0.5) is 0 Å². The van der Waals surface area contributed by atoms with Crippen LogP contribution < -0.4 is 11.1 Å². The molecule has 1 amide bonds. The quantitative estimate of drug-likeness (QED) is 0.755. The summed E-state index contributed by atoms with van der Waals surface area (Å²) in [7, 11) is 0. The van der Waals surface area contributed by atoms with Crippen LogP contribution in [0.2, 0.25) is 0 Å². The minimum Gasteiger partial charge on any atom is -0.354 e. The van der Waals surface area contributed by atoms with Crippen LogP contribution in [0.5, 0.6) is 0 Å². The van der Waals surface area contributed by atoms with Crippen molar-refractivity contribution in [3.05, 3.63) is 35.9 Å². The molecular weight excluding hydrogens is 298 g/mol. The third-order valence-corrected chi connectivity index (χ3v) is 4.98. The number of likely N-dealkylation sites (tertiary alicyclic amines) is 1. The molecule has 3 N–H and O–H groups in total. The number of hydrogen-bond donors (Lipinski definition) is 2. The van der Waals surface area contributed by atoms with E-state index in [0.717, 1.165) is 36.8 Å². The summed E-state index contributed by atoms with van der Waals surface area (Å²) in [6.45, 7) is 10.7. The molecule has 4 heteroatoms. The molecule has 0 saturated carbocycles. The number of nitrogens with two attached hydrogens (primary N) is 1. The first-order chi connectivity index (χ1) is 11.4. The van der Waals surface area contributed by atoms with Crippen molar-refractivity contribution in [2.75, 3.05) is 26.2 Å². The Kier molecular flexibility index (Phi) is 6.81. The van der Waals surface area contributed by atoms with Crippen LogP contribution in [-0.2, 0) is 10.3 Å². The van der Waals surface area contributed by atoms with Crippen molar-refractivity contribution in [2.45, 2.75) is 45.6 Å². The van der Waals surface area contributed by atoms with Crippen molar-refractivity contribution in [2.24, 2.45) is 17.6 Å². The SMILES string of the molecule is CC1CC(C)CN(CCCCNC(=O)C(C)(N)c2ccccc2)C1. The summed E-state index contributed by atoms with van der Waals surface area (Å²) < 4.78 is 0. The molecule has 1 aromatic carbocycles. The number of nitrogens with one attached hydrogen (secondary N) is 1. The summed E-state index contributed by atoms with van der Waals surface area (Å²) in [6, 6.07) is 9.55. The van der Waals surface area contributed by atoms with E-state index in [4.69, 9.17) is 5.73 Å². The Balaban J connectivity index is 1.68. The summed E-state index contributed by atoms with van der Waals surface area (Å²) in [5.74, 6) is 1.50. The number of nitrogens with zero attached hydrogens (tertiary/aromatic N) is 1. The van der Waals surface area contributed by atoms with Gasteiger partial charge in [0.15, 0.2) is 0 Å². The fourth-order valence-corrected chi connectivity index (χ4v) is 3.74. The molecule has 1 aromatic rings. The lowest BCUT2D eigenvalue weighted by Crippen LogP contribution is -2.49. The van der Waals surface area contributed by atoms with Crippen molar-refractivity contribution in [3.63, 3.8) is 0 Å². The second kappa shape index (κ2) is 8.63. The van der Waals surface area contributed by atoms with Crippen LogP contribution in [0.25, 0.3) is 0 Å². The molecule has 0 aromatic heterocycles. The van der Waals surface area contributed by atoms with Crippen LogP contribution in [0.1, 0.15) is 45.6 Å². The molecule has 1 aliphatic heterocycles. The third-order valence-electron chi connectivity index (χ3n) is 4.98. The average molecular weight is 332 g/mol. The topological polar surface area (TPSA) is 58.4 Å². The molecular formula is C20H33N3O. The number of hydrogen-bond acceptors (Lipinski definition) is 3. The summed E-state index contributed by atoms with van der Waals surface area (Å²) in [4.78, 5) is 14.9. The lowest BCUT2D eigenvalue weighted by molar-refractivity contribution is -0.126. The van der Waals surface area contributed by atoms with Crippen LogP contribution >= 0.6 is 0 Å². The molecule has 1 heterocycles. The second-order valence-corrected chi connectivity index (χ2v) is 7.74. The monoisotopic (exact) mass is 331 g/mol. The van der Waals surface area contributed by atoms with Gasteiger partial charge in [0.25, 0.3) is 0 Å². The van der Waals surface area contributed by atoms with Crippen LogP contribution in [0.3, 0.4) is 0 Å². The van der Waals surface area contributed by atoms with E-state index in [2.05, 4.69) is 24.1 Å². The summed E-state index contributed by atoms with van der Waals surface area (Å²) in [5.41, 5.74) is 6.10. The van der Waals surface area contributed by atoms with Crippen molar-refractivity contribution < 1.29 is 4.79 Å². The second-order valence-electron chi connectivity index (χ2n) is 7.74. The van der Waals surface area contributed by atoms with E-state index < -0.39 is 5.54 Å². The van der Waals surface area contributed by atoms with Gasteiger partial charge in [-0.15, -0.1) is 0 Å². The van der Waals surface area contributed by atoms with Gasteiger partial charge in [-0.1, -0.05) is 44.2 Å². The molecule has 2 rings (SSSR count). The van der Waals surface area contributed by atoms with Gasteiger partial charge in [-0.2, -0.15) is 0 Å². The normalized spacial score (nSPS) is 24.3. The van der Waals surface area contributed by atoms with E-state index in [1.54, 1.807) is 6.92 Å². The first-order valence-corrected chi connectivity index (χ1v) is 9.24. The zero-order chi connectivity index (χ0) is 17.6. The van der Waals surface area contributed by atoms with E-state index in [0.29, 0.717) is 6.54 Å². The molecule has 0 spiro atoms. The molecule has 4 nitrogen and oxygen atoms in total. The Hall–Kier alpha value is -1.39. The van der Waals surface area contributed by atoms with Crippen LogP contribution in [0.15, 0.2) is 30.3 Å². The summed E-state index contributed by atoms with van der Waals surface area (Å²) in [6.07, 6.45) is 3.46. The molecule has 134 valence electrons. The van der Waals surface area contributed by atoms with Gasteiger partial charge in [0.2, 0.25) is 5.91 Å². The number of unbranched alkanes of at least 4 members (excludes halogenated alkanes) is 1. The number of carbonyl (C=O) groups excluding carboxylic acids is 1. The van der Waals surface area contributed by atoms with Crippen LogP contribution in [0, 0.1) is 11.8 Å². The van der Waals surface area contributed by atoms with E-state index in [9.17, 15) is 4.79 Å². The number of rotatable bonds is 7. The minimum absolute atomic E-state index is 0.103. The summed E-state index contributed by atoms with van der Waals surface area (Å²) in [5, 5.41) is 2.99. The lowest BCUT2D eigenvalue weighted by atomic mass is 9.92. The van der Waals surface area contributed by atoms with Gasteiger partial charge in [-0.25, -0.2) is 0 Å². The number of benzene rings is 1. The number of piperidine rings is 1. The van der Waals surface area contributed by atoms with Gasteiger partial charge >= 0.3 is 0 Å². The van der Waals surface area contributed by atoms with Crippen molar-refractivity contribution in [3.8, 4) is 0 Å². The Morgan fingerprint density at radius 1 is 1.21 bits per heavy atom. The highest BCUT2D eigenvalue weighted by Crippen LogP contribution is 2.21. The highest BCUT2D eigenvalue weighted by Gasteiger charge is 2.29. The molecule has 3 atom stereocenters. The van der Waals surface area contributed by atoms with E-state index >= 15 is 0 Å². The zero-order valence-corrected chi connectivity index (χ0v) is 15.4. The largest absolute Gasteiger partial charge is 0.354 e. The molecule has 1 fully saturated rings. The Bertz CT molecular complexity index is 505. The number of carbonyl (C=O) groups is 1. The Morgan fingerprint density at radius 2 is 1.83 bits per heavy atom. The van der Waals surface area contributed by atoms with Gasteiger partial charge in [0.1, 0.15) is 5.54 Å². The Morgan fingerprint density at radius 3 is 2.46 bits per heavy atom. The van der Waals surface area contributed by atoms with Gasteiger partial charge < -0.3 is 16.0 Å². The number of amides is 1. The summed E-state index contributed by atoms with van der Waals surface area (Å²) >= 11 is 0. The minimum atomic E-state index is -0.973. The maximum atomic E-state index is 12.4. The van der Waals surface area contributed by atoms with Crippen molar-refractivity contribution in [1.29, 1.82) is 0 Å². The highest BCUT2D eigenvalue weighted by molar-refractivity contribution is 5.86. The fraction of sp³-hybridized carbons (Fsp3) is 0.650. The molecule has 0 aliphatic carbocycles. The standard InChI is InChI=1S/C20H33N3O/c1-16-13-17(2)15-23(14-16)12-8-7-11-22-19(24)20(3,21)18-9-5-4-6-10-18/h4-6,9-10,16-17H,7-8,11-15,21H2,1-3H3,(H,22,24). The van der Waals surface area contributed by atoms with Gasteiger partial charge in [-0.3, -0.25) is 4.79 Å². The highest BCUT2D eigenvalue weighted by atomic mass is 16.2.